The van der Waals surface area contributed by atoms with Gasteiger partial charge in [0.1, 0.15) is 0 Å². The van der Waals surface area contributed by atoms with Crippen LogP contribution in [0.2, 0.25) is 0 Å². The highest BCUT2D eigenvalue weighted by Crippen LogP contribution is 2.40. The van der Waals surface area contributed by atoms with Crippen LogP contribution in [0, 0.1) is 0 Å². The quantitative estimate of drug-likeness (QED) is 0.108. The number of rotatable bonds is 14. The normalized spacial score (nSPS) is 11.6. The van der Waals surface area contributed by atoms with Crippen LogP contribution in [0.25, 0.3) is 22.5 Å². The first kappa shape index (κ1) is 33.8. The molecule has 0 fully saturated rings. The summed E-state index contributed by atoms with van der Waals surface area (Å²) in [4.78, 5) is 1.78. The molecule has 0 radical (unpaired) electrons. The molecule has 5 aromatic carbocycles. The summed E-state index contributed by atoms with van der Waals surface area (Å²) in [6.07, 6.45) is 4.13. The summed E-state index contributed by atoms with van der Waals surface area (Å²) in [5.74, 6) is 0.568. The number of ether oxygens (including phenoxy) is 1. The van der Waals surface area contributed by atoms with Crippen LogP contribution >= 0.6 is 0 Å². The minimum Gasteiger partial charge on any atom is -0.378 e. The zero-order valence-corrected chi connectivity index (χ0v) is 29.6. The second kappa shape index (κ2) is 15.5. The first-order valence-corrected chi connectivity index (χ1v) is 17.9. The molecular formula is C44H44N6O. The number of nitrogens with zero attached hydrogens (tertiary/aromatic N) is 6. The van der Waals surface area contributed by atoms with Crippen molar-refractivity contribution < 1.29 is 4.74 Å². The van der Waals surface area contributed by atoms with E-state index in [0.717, 1.165) is 71.3 Å². The third kappa shape index (κ3) is 6.65. The largest absolute Gasteiger partial charge is 0.378 e. The second-order valence-electron chi connectivity index (χ2n) is 12.9. The fourth-order valence-electron chi connectivity index (χ4n) is 7.22. The van der Waals surface area contributed by atoms with E-state index in [4.69, 9.17) is 25.2 Å². The summed E-state index contributed by atoms with van der Waals surface area (Å²) in [6, 6.07) is 48.5. The average Bonchev–Trinajstić information content (AvgIpc) is 3.81. The van der Waals surface area contributed by atoms with Crippen LogP contribution in [0.4, 0.5) is 0 Å². The molecule has 2 aromatic heterocycles. The molecular weight excluding hydrogens is 629 g/mol. The minimum absolute atomic E-state index is 0.515. The van der Waals surface area contributed by atoms with E-state index in [9.17, 15) is 0 Å². The zero-order chi connectivity index (χ0) is 35.0. The van der Waals surface area contributed by atoms with Crippen molar-refractivity contribution in [1.29, 1.82) is 0 Å². The summed E-state index contributed by atoms with van der Waals surface area (Å²) in [7, 11) is 1.74. The summed E-state index contributed by atoms with van der Waals surface area (Å²) in [6.45, 7) is 5.77. The number of benzene rings is 5. The van der Waals surface area contributed by atoms with Gasteiger partial charge in [-0.3, -0.25) is 4.68 Å². The second-order valence-corrected chi connectivity index (χ2v) is 12.9. The Morgan fingerprint density at radius 1 is 0.647 bits per heavy atom. The highest BCUT2D eigenvalue weighted by molar-refractivity contribution is 5.80. The third-order valence-electron chi connectivity index (χ3n) is 9.70. The molecule has 0 aliphatic carbocycles. The Bertz CT molecular complexity index is 2060. The molecule has 7 nitrogen and oxygen atoms in total. The molecule has 0 saturated carbocycles. The number of aromatic nitrogens is 6. The van der Waals surface area contributed by atoms with Crippen LogP contribution in [0.3, 0.4) is 0 Å². The van der Waals surface area contributed by atoms with E-state index in [0.29, 0.717) is 12.4 Å². The summed E-state index contributed by atoms with van der Waals surface area (Å²) in [5.41, 5.74) is 10.3. The van der Waals surface area contributed by atoms with Crippen LogP contribution in [0.1, 0.15) is 65.9 Å². The lowest BCUT2D eigenvalue weighted by atomic mass is 9.77. The predicted octanol–water partition coefficient (Wildman–Crippen LogP) is 9.14. The molecule has 0 saturated heterocycles. The SMILES string of the molecule is CCCCc1c(Cc2ccc(-c3ccccc3-c3nnn(C(c4ccccc4)(c4ccccc4)c4ccccc4)n3)cc2)c(COC)nn1CC. The van der Waals surface area contributed by atoms with Crippen molar-refractivity contribution in [2.24, 2.45) is 0 Å². The lowest BCUT2D eigenvalue weighted by Crippen LogP contribution is -2.39. The first-order chi connectivity index (χ1) is 25.2. The lowest BCUT2D eigenvalue weighted by Gasteiger charge is -2.34. The average molecular weight is 673 g/mol. The van der Waals surface area contributed by atoms with E-state index in [-0.39, 0.29) is 0 Å². The van der Waals surface area contributed by atoms with Gasteiger partial charge in [-0.1, -0.05) is 153 Å². The van der Waals surface area contributed by atoms with E-state index in [2.05, 4.69) is 134 Å². The Labute approximate surface area is 300 Å². The summed E-state index contributed by atoms with van der Waals surface area (Å²) >= 11 is 0. The molecule has 256 valence electrons. The van der Waals surface area contributed by atoms with Gasteiger partial charge < -0.3 is 4.74 Å². The third-order valence-corrected chi connectivity index (χ3v) is 9.70. The lowest BCUT2D eigenvalue weighted by molar-refractivity contribution is 0.180. The molecule has 0 unspecified atom stereocenters. The van der Waals surface area contributed by atoms with Gasteiger partial charge in [-0.2, -0.15) is 5.10 Å². The Kier molecular flexibility index (Phi) is 10.3. The Hall–Kier alpha value is -5.66. The van der Waals surface area contributed by atoms with Crippen molar-refractivity contribution in [3.63, 3.8) is 0 Å². The van der Waals surface area contributed by atoms with Gasteiger partial charge >= 0.3 is 0 Å². The Morgan fingerprint density at radius 3 is 1.76 bits per heavy atom. The van der Waals surface area contributed by atoms with Crippen molar-refractivity contribution in [3.8, 4) is 22.5 Å². The van der Waals surface area contributed by atoms with E-state index < -0.39 is 5.54 Å². The molecule has 7 rings (SSSR count). The molecule has 0 aliphatic rings. The van der Waals surface area contributed by atoms with Crippen molar-refractivity contribution in [2.75, 3.05) is 7.11 Å². The first-order valence-electron chi connectivity index (χ1n) is 17.9. The molecule has 0 atom stereocenters. The maximum absolute atomic E-state index is 5.56. The number of hydrogen-bond acceptors (Lipinski definition) is 5. The van der Waals surface area contributed by atoms with Gasteiger partial charge in [0.15, 0.2) is 5.54 Å². The van der Waals surface area contributed by atoms with Gasteiger partial charge in [0.2, 0.25) is 5.82 Å². The molecule has 7 heteroatoms. The van der Waals surface area contributed by atoms with Gasteiger partial charge in [-0.25, -0.2) is 0 Å². The van der Waals surface area contributed by atoms with E-state index in [1.165, 1.54) is 16.8 Å². The predicted molar refractivity (Wildman–Crippen MR) is 203 cm³/mol. The van der Waals surface area contributed by atoms with Crippen molar-refractivity contribution in [2.45, 2.75) is 58.2 Å². The zero-order valence-electron chi connectivity index (χ0n) is 29.6. The van der Waals surface area contributed by atoms with Gasteiger partial charge in [-0.15, -0.1) is 15.0 Å². The maximum atomic E-state index is 5.56. The fourth-order valence-corrected chi connectivity index (χ4v) is 7.22. The van der Waals surface area contributed by atoms with Gasteiger partial charge in [0.05, 0.1) is 12.3 Å². The van der Waals surface area contributed by atoms with Crippen LogP contribution in [-0.4, -0.2) is 37.1 Å². The summed E-state index contributed by atoms with van der Waals surface area (Å²) in [5, 5.41) is 19.6. The molecule has 0 aliphatic heterocycles. The van der Waals surface area contributed by atoms with Gasteiger partial charge in [0, 0.05) is 36.9 Å². The topological polar surface area (TPSA) is 70.7 Å². The molecule has 0 N–H and O–H groups in total. The minimum atomic E-state index is -0.838. The number of aryl methyl sites for hydroxylation is 1. The fraction of sp³-hybridized carbons (Fsp3) is 0.227. The standard InChI is InChI=1S/C44H44N6O/c1-4-6-26-42-40(41(32-51-3)46-49(42)5-2)31-33-27-29-34(30-28-33)38-24-16-17-25-39(38)43-45-48-50(47-43)44(35-18-10-7-11-19-35,36-20-12-8-13-21-36)37-22-14-9-15-23-37/h7-25,27-30H,4-6,26,31-32H2,1-3H3. The van der Waals surface area contributed by atoms with E-state index in [1.807, 2.05) is 24.3 Å². The van der Waals surface area contributed by atoms with Crippen LogP contribution in [0.5, 0.6) is 0 Å². The maximum Gasteiger partial charge on any atom is 0.205 e. The highest BCUT2D eigenvalue weighted by Gasteiger charge is 2.41. The van der Waals surface area contributed by atoms with Gasteiger partial charge in [0.25, 0.3) is 0 Å². The monoisotopic (exact) mass is 672 g/mol. The molecule has 0 bridgehead atoms. The molecule has 0 amide bonds. The number of tetrazole rings is 1. The number of unbranched alkanes of at least 4 members (excludes halogenated alkanes) is 1. The van der Waals surface area contributed by atoms with Crippen molar-refractivity contribution in [1.82, 2.24) is 30.0 Å². The Morgan fingerprint density at radius 2 is 1.22 bits per heavy atom. The molecule has 51 heavy (non-hydrogen) atoms. The van der Waals surface area contributed by atoms with E-state index in [1.54, 1.807) is 11.9 Å². The van der Waals surface area contributed by atoms with Crippen molar-refractivity contribution >= 4 is 0 Å². The van der Waals surface area contributed by atoms with Crippen LogP contribution < -0.4 is 0 Å². The van der Waals surface area contributed by atoms with Gasteiger partial charge in [-0.05, 0) is 58.4 Å². The smallest absolute Gasteiger partial charge is 0.205 e. The number of hydrogen-bond donors (Lipinski definition) is 0. The Balaban J connectivity index is 1.27. The molecule has 2 heterocycles. The molecule has 7 aromatic rings. The van der Waals surface area contributed by atoms with E-state index >= 15 is 0 Å². The van der Waals surface area contributed by atoms with Crippen LogP contribution in [0.15, 0.2) is 140 Å². The summed E-state index contributed by atoms with van der Waals surface area (Å²) < 4.78 is 7.72. The number of methoxy groups -OCH3 is 1. The van der Waals surface area contributed by atoms with Crippen LogP contribution in [-0.2, 0) is 36.3 Å². The molecule has 0 spiro atoms. The highest BCUT2D eigenvalue weighted by atomic mass is 16.5. The van der Waals surface area contributed by atoms with Crippen molar-refractivity contribution in [3.05, 3.63) is 179 Å².